The summed E-state index contributed by atoms with van der Waals surface area (Å²) in [6, 6.07) is 0.435. The minimum Gasteiger partial charge on any atom is -0.480 e. The fourth-order valence-electron chi connectivity index (χ4n) is 4.28. The van der Waals surface area contributed by atoms with E-state index in [0.717, 1.165) is 32.2 Å². The molecule has 0 bridgehead atoms. The molecule has 0 unspecified atom stereocenters. The van der Waals surface area contributed by atoms with Gasteiger partial charge in [-0.1, -0.05) is 19.8 Å². The monoisotopic (exact) mass is 339 g/mol. The van der Waals surface area contributed by atoms with E-state index in [4.69, 9.17) is 9.84 Å². The molecular formula is C17H29N3O4. The highest BCUT2D eigenvalue weighted by Crippen LogP contribution is 2.36. The molecule has 0 atom stereocenters. The molecule has 1 aliphatic heterocycles. The van der Waals surface area contributed by atoms with Crippen LogP contribution < -0.4 is 5.32 Å². The smallest absolute Gasteiger partial charge is 0.317 e. The van der Waals surface area contributed by atoms with Crippen molar-refractivity contribution in [3.63, 3.8) is 0 Å². The molecule has 2 aliphatic carbocycles. The number of nitrogens with one attached hydrogen (secondary N) is 1. The Kier molecular flexibility index (Phi) is 5.30. The second-order valence-electron chi connectivity index (χ2n) is 7.39. The normalized spacial score (nSPS) is 28.8. The average molecular weight is 339 g/mol. The Balaban J connectivity index is 1.44. The molecule has 3 aliphatic rings. The average Bonchev–Trinajstić information content (AvgIpc) is 2.95. The van der Waals surface area contributed by atoms with E-state index in [1.54, 1.807) is 0 Å². The van der Waals surface area contributed by atoms with Crippen LogP contribution in [0.4, 0.5) is 4.79 Å². The number of carbonyl (C=O) groups is 2. The standard InChI is InChI=1S/C17H29N3O4/c1-2-19(11-15(21)22)14-9-13(10-14)18-16(23)20-7-8-24-17(12-20)5-3-4-6-17/h13-14H,2-12H2,1H3,(H,18,23)(H,21,22). The van der Waals surface area contributed by atoms with Gasteiger partial charge in [-0.15, -0.1) is 0 Å². The van der Waals surface area contributed by atoms with E-state index in [1.165, 1.54) is 12.8 Å². The molecule has 1 heterocycles. The number of nitrogens with zero attached hydrogens (tertiary/aromatic N) is 2. The molecular weight excluding hydrogens is 310 g/mol. The number of hydrogen-bond acceptors (Lipinski definition) is 4. The number of carboxylic acid groups (broad SMARTS) is 1. The van der Waals surface area contributed by atoms with Crippen LogP contribution in [0.25, 0.3) is 0 Å². The van der Waals surface area contributed by atoms with Crippen molar-refractivity contribution in [2.45, 2.75) is 63.1 Å². The van der Waals surface area contributed by atoms with Gasteiger partial charge in [-0.3, -0.25) is 9.69 Å². The van der Waals surface area contributed by atoms with Gasteiger partial charge < -0.3 is 20.1 Å². The van der Waals surface area contributed by atoms with Gasteiger partial charge in [-0.2, -0.15) is 0 Å². The summed E-state index contributed by atoms with van der Waals surface area (Å²) in [4.78, 5) is 27.3. The van der Waals surface area contributed by atoms with Gasteiger partial charge in [-0.05, 0) is 32.2 Å². The van der Waals surface area contributed by atoms with Crippen molar-refractivity contribution < 1.29 is 19.4 Å². The lowest BCUT2D eigenvalue weighted by Crippen LogP contribution is -2.60. The number of carboxylic acids is 1. The fourth-order valence-corrected chi connectivity index (χ4v) is 4.28. The maximum absolute atomic E-state index is 12.5. The third kappa shape index (κ3) is 3.83. The van der Waals surface area contributed by atoms with E-state index in [2.05, 4.69) is 5.32 Å². The first kappa shape index (κ1) is 17.5. The van der Waals surface area contributed by atoms with Crippen LogP contribution in [-0.2, 0) is 9.53 Å². The van der Waals surface area contributed by atoms with E-state index in [-0.39, 0.29) is 30.3 Å². The Morgan fingerprint density at radius 2 is 2.04 bits per heavy atom. The highest BCUT2D eigenvalue weighted by atomic mass is 16.5. The predicted molar refractivity (Wildman–Crippen MR) is 88.9 cm³/mol. The maximum Gasteiger partial charge on any atom is 0.317 e. The predicted octanol–water partition coefficient (Wildman–Crippen LogP) is 1.28. The Labute approximate surface area is 143 Å². The first-order chi connectivity index (χ1) is 11.5. The van der Waals surface area contributed by atoms with E-state index >= 15 is 0 Å². The quantitative estimate of drug-likeness (QED) is 0.788. The van der Waals surface area contributed by atoms with Gasteiger partial charge in [0, 0.05) is 18.6 Å². The van der Waals surface area contributed by atoms with Gasteiger partial charge in [0.1, 0.15) is 0 Å². The van der Waals surface area contributed by atoms with Crippen molar-refractivity contribution in [1.82, 2.24) is 15.1 Å². The summed E-state index contributed by atoms with van der Waals surface area (Å²) in [7, 11) is 0. The van der Waals surface area contributed by atoms with E-state index in [0.29, 0.717) is 19.7 Å². The summed E-state index contributed by atoms with van der Waals surface area (Å²) < 4.78 is 5.97. The number of likely N-dealkylation sites (N-methyl/N-ethyl adjacent to an activating group) is 1. The van der Waals surface area contributed by atoms with E-state index in [9.17, 15) is 9.59 Å². The zero-order valence-electron chi connectivity index (χ0n) is 14.5. The van der Waals surface area contributed by atoms with E-state index < -0.39 is 5.97 Å². The molecule has 3 rings (SSSR count). The number of amides is 2. The van der Waals surface area contributed by atoms with Crippen molar-refractivity contribution in [1.29, 1.82) is 0 Å². The summed E-state index contributed by atoms with van der Waals surface area (Å²) >= 11 is 0. The molecule has 136 valence electrons. The lowest BCUT2D eigenvalue weighted by Gasteiger charge is -2.44. The molecule has 2 saturated carbocycles. The number of urea groups is 1. The number of aliphatic carboxylic acids is 1. The number of hydrogen-bond donors (Lipinski definition) is 2. The zero-order chi connectivity index (χ0) is 17.2. The summed E-state index contributed by atoms with van der Waals surface area (Å²) in [6.45, 7) is 4.77. The molecule has 0 aromatic rings. The highest BCUT2D eigenvalue weighted by Gasteiger charge is 2.42. The molecule has 1 spiro atoms. The molecule has 2 N–H and O–H groups in total. The number of ether oxygens (including phenoxy) is 1. The van der Waals surface area contributed by atoms with Crippen LogP contribution >= 0.6 is 0 Å². The Bertz CT molecular complexity index is 472. The molecule has 7 heteroatoms. The summed E-state index contributed by atoms with van der Waals surface area (Å²) in [5.41, 5.74) is -0.0990. The second-order valence-corrected chi connectivity index (χ2v) is 7.39. The van der Waals surface area contributed by atoms with Crippen LogP contribution in [0.2, 0.25) is 0 Å². The van der Waals surface area contributed by atoms with Gasteiger partial charge in [0.25, 0.3) is 0 Å². The molecule has 2 amide bonds. The van der Waals surface area contributed by atoms with Crippen LogP contribution in [0.3, 0.4) is 0 Å². The molecule has 3 fully saturated rings. The number of morpholine rings is 1. The first-order valence-corrected chi connectivity index (χ1v) is 9.16. The van der Waals surface area contributed by atoms with Crippen LogP contribution in [0.1, 0.15) is 45.4 Å². The largest absolute Gasteiger partial charge is 0.480 e. The Hall–Kier alpha value is -1.34. The van der Waals surface area contributed by atoms with Crippen LogP contribution in [0.5, 0.6) is 0 Å². The lowest BCUT2D eigenvalue weighted by molar-refractivity contribution is -0.139. The van der Waals surface area contributed by atoms with Gasteiger partial charge in [0.15, 0.2) is 0 Å². The number of carbonyl (C=O) groups excluding carboxylic acids is 1. The molecule has 7 nitrogen and oxygen atoms in total. The third-order valence-corrected chi connectivity index (χ3v) is 5.75. The van der Waals surface area contributed by atoms with Crippen molar-refractivity contribution in [2.75, 3.05) is 32.8 Å². The topological polar surface area (TPSA) is 82.1 Å². The van der Waals surface area contributed by atoms with Crippen molar-refractivity contribution in [2.24, 2.45) is 0 Å². The SMILES string of the molecule is CCN(CC(=O)O)C1CC(NC(=O)N2CCOC3(CCCC3)C2)C1. The van der Waals surface area contributed by atoms with Crippen LogP contribution in [-0.4, -0.2) is 77.4 Å². The summed E-state index contributed by atoms with van der Waals surface area (Å²) in [5.74, 6) is -0.792. The minimum atomic E-state index is -0.792. The summed E-state index contributed by atoms with van der Waals surface area (Å²) in [5, 5.41) is 12.0. The van der Waals surface area contributed by atoms with Crippen molar-refractivity contribution in [3.05, 3.63) is 0 Å². The Morgan fingerprint density at radius 1 is 1.33 bits per heavy atom. The van der Waals surface area contributed by atoms with Gasteiger partial charge in [-0.25, -0.2) is 4.79 Å². The van der Waals surface area contributed by atoms with E-state index in [1.807, 2.05) is 16.7 Å². The highest BCUT2D eigenvalue weighted by molar-refractivity contribution is 5.75. The number of rotatable bonds is 5. The molecule has 0 aromatic heterocycles. The molecule has 1 saturated heterocycles. The summed E-state index contributed by atoms with van der Waals surface area (Å²) in [6.07, 6.45) is 6.17. The zero-order valence-corrected chi connectivity index (χ0v) is 14.5. The molecule has 0 aromatic carbocycles. The lowest BCUT2D eigenvalue weighted by atomic mass is 9.85. The van der Waals surface area contributed by atoms with Gasteiger partial charge in [0.2, 0.25) is 0 Å². The van der Waals surface area contributed by atoms with Crippen molar-refractivity contribution >= 4 is 12.0 Å². The first-order valence-electron chi connectivity index (χ1n) is 9.16. The van der Waals surface area contributed by atoms with Crippen LogP contribution in [0.15, 0.2) is 0 Å². The maximum atomic E-state index is 12.5. The fraction of sp³-hybridized carbons (Fsp3) is 0.882. The van der Waals surface area contributed by atoms with Gasteiger partial charge >= 0.3 is 12.0 Å². The third-order valence-electron chi connectivity index (χ3n) is 5.75. The minimum absolute atomic E-state index is 0.00862. The van der Waals surface area contributed by atoms with Crippen LogP contribution in [0, 0.1) is 0 Å². The van der Waals surface area contributed by atoms with Crippen molar-refractivity contribution in [3.8, 4) is 0 Å². The molecule has 0 radical (unpaired) electrons. The Morgan fingerprint density at radius 3 is 2.67 bits per heavy atom. The van der Waals surface area contributed by atoms with Gasteiger partial charge in [0.05, 0.1) is 25.3 Å². The second kappa shape index (κ2) is 7.27. The molecule has 24 heavy (non-hydrogen) atoms.